The molecule has 2 heterocycles. The number of hydrogen-bond donors (Lipinski definition) is 2. The van der Waals surface area contributed by atoms with Crippen LogP contribution < -0.4 is 10.6 Å². The molecule has 20 heavy (non-hydrogen) atoms. The van der Waals surface area contributed by atoms with Gasteiger partial charge in [0.05, 0.1) is 6.54 Å². The molecule has 1 unspecified atom stereocenters. The van der Waals surface area contributed by atoms with E-state index in [0.717, 1.165) is 25.0 Å². The van der Waals surface area contributed by atoms with E-state index < -0.39 is 0 Å². The molecule has 1 saturated heterocycles. The van der Waals surface area contributed by atoms with Gasteiger partial charge in [-0.25, -0.2) is 0 Å². The number of rotatable bonds is 5. The number of likely N-dealkylation sites (tertiary alicyclic amines) is 1. The molecule has 4 nitrogen and oxygen atoms in total. The lowest BCUT2D eigenvalue weighted by molar-refractivity contribution is 0.342. The zero-order valence-corrected chi connectivity index (χ0v) is 15.4. The minimum absolute atomic E-state index is 0. The zero-order valence-electron chi connectivity index (χ0n) is 12.3. The van der Waals surface area contributed by atoms with Crippen LogP contribution in [-0.4, -0.2) is 44.1 Å². The molecule has 0 aliphatic carbocycles. The van der Waals surface area contributed by atoms with Crippen LogP contribution in [0.5, 0.6) is 0 Å². The molecule has 0 radical (unpaired) electrons. The molecular weight excluding hydrogens is 383 g/mol. The first-order chi connectivity index (χ1) is 9.31. The zero-order chi connectivity index (χ0) is 13.5. The maximum absolute atomic E-state index is 4.27. The average Bonchev–Trinajstić information content (AvgIpc) is 3.10. The van der Waals surface area contributed by atoms with Gasteiger partial charge in [-0.2, -0.15) is 0 Å². The van der Waals surface area contributed by atoms with Crippen LogP contribution in [0.15, 0.2) is 22.5 Å². The molecule has 0 saturated carbocycles. The van der Waals surface area contributed by atoms with Gasteiger partial charge in [0.1, 0.15) is 0 Å². The highest BCUT2D eigenvalue weighted by molar-refractivity contribution is 14.0. The third kappa shape index (κ3) is 5.57. The SMILES string of the molecule is CCN1CCC(CNC(=NC)NCc2cccs2)C1.I. The monoisotopic (exact) mass is 408 g/mol. The van der Waals surface area contributed by atoms with Crippen molar-refractivity contribution in [2.24, 2.45) is 10.9 Å². The highest BCUT2D eigenvalue weighted by Crippen LogP contribution is 2.14. The molecule has 1 aromatic heterocycles. The van der Waals surface area contributed by atoms with Crippen LogP contribution in [0.3, 0.4) is 0 Å². The predicted molar refractivity (Wildman–Crippen MR) is 98.2 cm³/mol. The Bertz CT molecular complexity index is 394. The van der Waals surface area contributed by atoms with E-state index in [4.69, 9.17) is 0 Å². The van der Waals surface area contributed by atoms with E-state index in [-0.39, 0.29) is 24.0 Å². The van der Waals surface area contributed by atoms with Crippen LogP contribution >= 0.6 is 35.3 Å². The topological polar surface area (TPSA) is 39.7 Å². The summed E-state index contributed by atoms with van der Waals surface area (Å²) in [6.45, 7) is 7.72. The quantitative estimate of drug-likeness (QED) is 0.447. The Balaban J connectivity index is 0.00000200. The van der Waals surface area contributed by atoms with E-state index in [1.165, 1.54) is 30.9 Å². The molecular formula is C14H25IN4S. The number of nitrogens with one attached hydrogen (secondary N) is 2. The second kappa shape index (κ2) is 9.57. The van der Waals surface area contributed by atoms with Crippen molar-refractivity contribution in [2.45, 2.75) is 19.9 Å². The minimum Gasteiger partial charge on any atom is -0.356 e. The second-order valence-electron chi connectivity index (χ2n) is 4.93. The number of guanidine groups is 1. The van der Waals surface area contributed by atoms with E-state index in [0.29, 0.717) is 0 Å². The highest BCUT2D eigenvalue weighted by Gasteiger charge is 2.20. The van der Waals surface area contributed by atoms with E-state index >= 15 is 0 Å². The van der Waals surface area contributed by atoms with Gasteiger partial charge in [-0.05, 0) is 36.9 Å². The third-order valence-corrected chi connectivity index (χ3v) is 4.49. The van der Waals surface area contributed by atoms with Gasteiger partial charge in [0, 0.05) is 25.0 Å². The molecule has 1 aliphatic heterocycles. The summed E-state index contributed by atoms with van der Waals surface area (Å²) in [6.07, 6.45) is 1.29. The molecule has 1 fully saturated rings. The number of nitrogens with zero attached hydrogens (tertiary/aromatic N) is 2. The van der Waals surface area contributed by atoms with E-state index in [9.17, 15) is 0 Å². The fourth-order valence-electron chi connectivity index (χ4n) is 2.41. The fraction of sp³-hybridized carbons (Fsp3) is 0.643. The Kier molecular flexibility index (Phi) is 8.47. The summed E-state index contributed by atoms with van der Waals surface area (Å²) in [5, 5.41) is 8.89. The van der Waals surface area contributed by atoms with E-state index in [2.05, 4.69) is 45.0 Å². The Hall–Kier alpha value is -0.340. The van der Waals surface area contributed by atoms with Crippen LogP contribution in [0.2, 0.25) is 0 Å². The van der Waals surface area contributed by atoms with Gasteiger partial charge in [-0.1, -0.05) is 13.0 Å². The van der Waals surface area contributed by atoms with Crippen LogP contribution in [0, 0.1) is 5.92 Å². The van der Waals surface area contributed by atoms with Crippen LogP contribution in [0.4, 0.5) is 0 Å². The van der Waals surface area contributed by atoms with Crippen molar-refractivity contribution in [1.29, 1.82) is 0 Å². The normalized spacial score (nSPS) is 19.7. The first-order valence-corrected chi connectivity index (χ1v) is 7.89. The second-order valence-corrected chi connectivity index (χ2v) is 5.97. The van der Waals surface area contributed by atoms with Gasteiger partial charge < -0.3 is 15.5 Å². The molecule has 1 aromatic rings. The lowest BCUT2D eigenvalue weighted by atomic mass is 10.1. The Morgan fingerprint density at radius 3 is 2.95 bits per heavy atom. The number of aliphatic imine (C=N–C) groups is 1. The number of hydrogen-bond acceptors (Lipinski definition) is 3. The van der Waals surface area contributed by atoms with Crippen molar-refractivity contribution in [1.82, 2.24) is 15.5 Å². The molecule has 0 amide bonds. The molecule has 114 valence electrons. The number of halogens is 1. The highest BCUT2D eigenvalue weighted by atomic mass is 127. The van der Waals surface area contributed by atoms with Gasteiger partial charge in [0.15, 0.2) is 5.96 Å². The first kappa shape index (κ1) is 17.7. The lowest BCUT2D eigenvalue weighted by Gasteiger charge is -2.16. The van der Waals surface area contributed by atoms with Crippen LogP contribution in [-0.2, 0) is 6.54 Å². The molecule has 1 aliphatic rings. The largest absolute Gasteiger partial charge is 0.356 e. The molecule has 0 bridgehead atoms. The lowest BCUT2D eigenvalue weighted by Crippen LogP contribution is -2.39. The summed E-state index contributed by atoms with van der Waals surface area (Å²) < 4.78 is 0. The van der Waals surface area contributed by atoms with Crippen molar-refractivity contribution >= 4 is 41.3 Å². The predicted octanol–water partition coefficient (Wildman–Crippen LogP) is 2.37. The summed E-state index contributed by atoms with van der Waals surface area (Å²) in [5.41, 5.74) is 0. The van der Waals surface area contributed by atoms with Crippen molar-refractivity contribution in [3.8, 4) is 0 Å². The van der Waals surface area contributed by atoms with Crippen molar-refractivity contribution in [3.63, 3.8) is 0 Å². The van der Waals surface area contributed by atoms with Gasteiger partial charge >= 0.3 is 0 Å². The Morgan fingerprint density at radius 1 is 1.50 bits per heavy atom. The molecule has 6 heteroatoms. The molecule has 2 N–H and O–H groups in total. The Labute approximate surface area is 143 Å². The summed E-state index contributed by atoms with van der Waals surface area (Å²) in [7, 11) is 1.83. The third-order valence-electron chi connectivity index (χ3n) is 3.61. The molecule has 0 aromatic carbocycles. The summed E-state index contributed by atoms with van der Waals surface area (Å²) >= 11 is 1.77. The van der Waals surface area contributed by atoms with Crippen molar-refractivity contribution in [2.75, 3.05) is 33.2 Å². The summed E-state index contributed by atoms with van der Waals surface area (Å²) in [4.78, 5) is 8.12. The van der Waals surface area contributed by atoms with Gasteiger partial charge in [0.25, 0.3) is 0 Å². The summed E-state index contributed by atoms with van der Waals surface area (Å²) in [5.74, 6) is 1.66. The summed E-state index contributed by atoms with van der Waals surface area (Å²) in [6, 6.07) is 4.22. The van der Waals surface area contributed by atoms with Gasteiger partial charge in [-0.3, -0.25) is 4.99 Å². The smallest absolute Gasteiger partial charge is 0.191 e. The first-order valence-electron chi connectivity index (χ1n) is 7.01. The maximum Gasteiger partial charge on any atom is 0.191 e. The van der Waals surface area contributed by atoms with E-state index in [1.54, 1.807) is 11.3 Å². The van der Waals surface area contributed by atoms with E-state index in [1.807, 2.05) is 7.05 Å². The van der Waals surface area contributed by atoms with Gasteiger partial charge in [-0.15, -0.1) is 35.3 Å². The molecule has 1 atom stereocenters. The number of thiophene rings is 1. The molecule has 0 spiro atoms. The van der Waals surface area contributed by atoms with Crippen molar-refractivity contribution < 1.29 is 0 Å². The minimum atomic E-state index is 0. The van der Waals surface area contributed by atoms with Crippen molar-refractivity contribution in [3.05, 3.63) is 22.4 Å². The Morgan fingerprint density at radius 2 is 2.35 bits per heavy atom. The van der Waals surface area contributed by atoms with Crippen LogP contribution in [0.25, 0.3) is 0 Å². The van der Waals surface area contributed by atoms with Crippen LogP contribution in [0.1, 0.15) is 18.2 Å². The fourth-order valence-corrected chi connectivity index (χ4v) is 3.06. The average molecular weight is 408 g/mol. The molecule has 2 rings (SSSR count). The van der Waals surface area contributed by atoms with Gasteiger partial charge in [0.2, 0.25) is 0 Å². The standard InChI is InChI=1S/C14H24N4S.HI/c1-3-18-7-6-12(11-18)9-16-14(15-2)17-10-13-5-4-8-19-13;/h4-5,8,12H,3,6-7,9-11H2,1-2H3,(H2,15,16,17);1H. The maximum atomic E-state index is 4.27.